The third-order valence-corrected chi connectivity index (χ3v) is 5.38. The van der Waals surface area contributed by atoms with Gasteiger partial charge in [0.25, 0.3) is 0 Å². The number of hydrogen-bond donors (Lipinski definition) is 1. The van der Waals surface area contributed by atoms with Crippen LogP contribution in [-0.4, -0.2) is 22.0 Å². The van der Waals surface area contributed by atoms with Crippen LogP contribution in [0.2, 0.25) is 0 Å². The van der Waals surface area contributed by atoms with Gasteiger partial charge in [0.1, 0.15) is 5.82 Å². The zero-order chi connectivity index (χ0) is 18.7. The van der Waals surface area contributed by atoms with Crippen molar-refractivity contribution in [2.24, 2.45) is 5.92 Å². The Morgan fingerprint density at radius 3 is 2.85 bits per heavy atom. The summed E-state index contributed by atoms with van der Waals surface area (Å²) in [6.45, 7) is 9.36. The predicted molar refractivity (Wildman–Crippen MR) is 105 cm³/mol. The summed E-state index contributed by atoms with van der Waals surface area (Å²) in [7, 11) is 0. The zero-order valence-corrected chi connectivity index (χ0v) is 16.5. The van der Waals surface area contributed by atoms with Gasteiger partial charge in [-0.1, -0.05) is 38.1 Å². The number of imidazole rings is 1. The second-order valence-electron chi connectivity index (χ2n) is 8.02. The van der Waals surface area contributed by atoms with Gasteiger partial charge in [-0.25, -0.2) is 4.98 Å². The quantitative estimate of drug-likeness (QED) is 0.837. The molecule has 2 aromatic rings. The van der Waals surface area contributed by atoms with E-state index in [9.17, 15) is 4.79 Å². The van der Waals surface area contributed by atoms with E-state index < -0.39 is 0 Å². The van der Waals surface area contributed by atoms with Crippen LogP contribution in [0, 0.1) is 12.8 Å². The van der Waals surface area contributed by atoms with Crippen molar-refractivity contribution in [3.05, 3.63) is 53.1 Å². The molecule has 4 heteroatoms. The molecule has 4 nitrogen and oxygen atoms in total. The summed E-state index contributed by atoms with van der Waals surface area (Å²) >= 11 is 0. The predicted octanol–water partition coefficient (Wildman–Crippen LogP) is 4.38. The average Bonchev–Trinajstić information content (AvgIpc) is 3.04. The van der Waals surface area contributed by atoms with E-state index in [0.717, 1.165) is 13.0 Å². The Hall–Kier alpha value is -2.10. The Morgan fingerprint density at radius 2 is 2.12 bits per heavy atom. The molecule has 1 aromatic heterocycles. The van der Waals surface area contributed by atoms with Crippen LogP contribution in [0.1, 0.15) is 74.6 Å². The Kier molecular flexibility index (Phi) is 5.80. The molecular weight excluding hydrogens is 322 g/mol. The van der Waals surface area contributed by atoms with Crippen molar-refractivity contribution in [2.75, 3.05) is 6.54 Å². The van der Waals surface area contributed by atoms with Gasteiger partial charge in [-0.15, -0.1) is 0 Å². The van der Waals surface area contributed by atoms with Crippen molar-refractivity contribution in [3.63, 3.8) is 0 Å². The SMILES string of the molecule is Cc1ccccc1[C@H](CC(=O)NCC(C)C)c1cnc2n1[C@@H](C)CCC2. The number of amides is 1. The lowest BCUT2D eigenvalue weighted by Crippen LogP contribution is -2.30. The summed E-state index contributed by atoms with van der Waals surface area (Å²) in [5.41, 5.74) is 3.64. The second-order valence-corrected chi connectivity index (χ2v) is 8.02. The van der Waals surface area contributed by atoms with E-state index in [1.54, 1.807) is 0 Å². The van der Waals surface area contributed by atoms with Crippen LogP contribution in [0.15, 0.2) is 30.5 Å². The number of rotatable bonds is 6. The lowest BCUT2D eigenvalue weighted by atomic mass is 9.88. The fraction of sp³-hybridized carbons (Fsp3) is 0.545. The average molecular weight is 354 g/mol. The van der Waals surface area contributed by atoms with Crippen LogP contribution >= 0.6 is 0 Å². The highest BCUT2D eigenvalue weighted by atomic mass is 16.1. The minimum Gasteiger partial charge on any atom is -0.356 e. The Labute approximate surface area is 157 Å². The summed E-state index contributed by atoms with van der Waals surface area (Å²) in [6.07, 6.45) is 5.88. The molecule has 0 bridgehead atoms. The molecule has 1 amide bonds. The van der Waals surface area contributed by atoms with Gasteiger partial charge in [-0.2, -0.15) is 0 Å². The zero-order valence-electron chi connectivity index (χ0n) is 16.5. The molecule has 0 spiro atoms. The topological polar surface area (TPSA) is 46.9 Å². The molecule has 3 rings (SSSR count). The molecule has 0 aliphatic carbocycles. The molecule has 0 fully saturated rings. The number of nitrogens with zero attached hydrogens (tertiary/aromatic N) is 2. The number of hydrogen-bond acceptors (Lipinski definition) is 2. The van der Waals surface area contributed by atoms with Gasteiger partial charge in [-0.05, 0) is 43.7 Å². The smallest absolute Gasteiger partial charge is 0.221 e. The molecule has 2 atom stereocenters. The molecule has 1 aliphatic rings. The van der Waals surface area contributed by atoms with Crippen LogP contribution in [0.4, 0.5) is 0 Å². The van der Waals surface area contributed by atoms with E-state index in [2.05, 4.69) is 61.8 Å². The summed E-state index contributed by atoms with van der Waals surface area (Å²) in [5, 5.41) is 3.09. The van der Waals surface area contributed by atoms with Crippen molar-refractivity contribution >= 4 is 5.91 Å². The van der Waals surface area contributed by atoms with E-state index >= 15 is 0 Å². The van der Waals surface area contributed by atoms with Gasteiger partial charge in [0.2, 0.25) is 5.91 Å². The highest BCUT2D eigenvalue weighted by Gasteiger charge is 2.28. The van der Waals surface area contributed by atoms with Crippen LogP contribution in [-0.2, 0) is 11.2 Å². The Balaban J connectivity index is 1.95. The van der Waals surface area contributed by atoms with Gasteiger partial charge >= 0.3 is 0 Å². The molecule has 1 aromatic carbocycles. The van der Waals surface area contributed by atoms with Gasteiger partial charge in [-0.3, -0.25) is 4.79 Å². The minimum absolute atomic E-state index is 0.0464. The fourth-order valence-corrected chi connectivity index (χ4v) is 3.98. The summed E-state index contributed by atoms with van der Waals surface area (Å²) in [4.78, 5) is 17.3. The van der Waals surface area contributed by atoms with Crippen LogP contribution < -0.4 is 5.32 Å². The first-order valence-corrected chi connectivity index (χ1v) is 9.85. The molecule has 1 aliphatic heterocycles. The lowest BCUT2D eigenvalue weighted by Gasteiger charge is -2.28. The maximum absolute atomic E-state index is 12.6. The van der Waals surface area contributed by atoms with Crippen molar-refractivity contribution in [1.29, 1.82) is 0 Å². The van der Waals surface area contributed by atoms with E-state index in [1.165, 1.54) is 35.5 Å². The number of aryl methyl sites for hydroxylation is 2. The highest BCUT2D eigenvalue weighted by molar-refractivity contribution is 5.77. The normalized spacial score (nSPS) is 17.8. The van der Waals surface area contributed by atoms with Crippen LogP contribution in [0.25, 0.3) is 0 Å². The van der Waals surface area contributed by atoms with E-state index in [1.807, 2.05) is 6.20 Å². The fourth-order valence-electron chi connectivity index (χ4n) is 3.98. The molecule has 2 heterocycles. The first-order chi connectivity index (χ1) is 12.5. The molecular formula is C22H31N3O. The van der Waals surface area contributed by atoms with Crippen molar-refractivity contribution in [1.82, 2.24) is 14.9 Å². The number of aromatic nitrogens is 2. The van der Waals surface area contributed by atoms with Crippen molar-refractivity contribution in [3.8, 4) is 0 Å². The molecule has 140 valence electrons. The monoisotopic (exact) mass is 353 g/mol. The van der Waals surface area contributed by atoms with Crippen LogP contribution in [0.3, 0.4) is 0 Å². The largest absolute Gasteiger partial charge is 0.356 e. The van der Waals surface area contributed by atoms with Gasteiger partial charge < -0.3 is 9.88 Å². The van der Waals surface area contributed by atoms with E-state index in [0.29, 0.717) is 18.4 Å². The third-order valence-electron chi connectivity index (χ3n) is 5.38. The number of carbonyl (C=O) groups is 1. The lowest BCUT2D eigenvalue weighted by molar-refractivity contribution is -0.121. The summed E-state index contributed by atoms with van der Waals surface area (Å²) in [6, 6.07) is 8.86. The Bertz CT molecular complexity index is 762. The third kappa shape index (κ3) is 4.00. The first-order valence-electron chi connectivity index (χ1n) is 9.85. The van der Waals surface area contributed by atoms with Gasteiger partial charge in [0.15, 0.2) is 0 Å². The summed E-state index contributed by atoms with van der Waals surface area (Å²) in [5.74, 6) is 1.79. The van der Waals surface area contributed by atoms with Crippen molar-refractivity contribution < 1.29 is 4.79 Å². The van der Waals surface area contributed by atoms with Crippen molar-refractivity contribution in [2.45, 2.75) is 65.3 Å². The standard InChI is InChI=1S/C22H31N3O/c1-15(2)13-24-22(26)12-19(18-10-6-5-8-16(18)3)20-14-23-21-11-7-9-17(4)25(20)21/h5-6,8,10,14-15,17,19H,7,9,11-13H2,1-4H3,(H,24,26)/t17-,19-/m0/s1. The minimum atomic E-state index is 0.0464. The van der Waals surface area contributed by atoms with E-state index in [-0.39, 0.29) is 11.8 Å². The number of fused-ring (bicyclic) bond motifs is 1. The highest BCUT2D eigenvalue weighted by Crippen LogP contribution is 2.35. The maximum atomic E-state index is 12.6. The van der Waals surface area contributed by atoms with Gasteiger partial charge in [0, 0.05) is 43.2 Å². The molecule has 0 radical (unpaired) electrons. The Morgan fingerprint density at radius 1 is 1.35 bits per heavy atom. The number of nitrogens with one attached hydrogen (secondary N) is 1. The molecule has 0 saturated carbocycles. The maximum Gasteiger partial charge on any atom is 0.221 e. The molecule has 0 unspecified atom stereocenters. The first kappa shape index (κ1) is 18.7. The number of carbonyl (C=O) groups excluding carboxylic acids is 1. The van der Waals surface area contributed by atoms with Gasteiger partial charge in [0.05, 0.1) is 0 Å². The molecule has 0 saturated heterocycles. The number of benzene rings is 1. The molecule has 26 heavy (non-hydrogen) atoms. The van der Waals surface area contributed by atoms with E-state index in [4.69, 9.17) is 4.98 Å². The van der Waals surface area contributed by atoms with Crippen LogP contribution in [0.5, 0.6) is 0 Å². The molecule has 1 N–H and O–H groups in total. The second kappa shape index (κ2) is 8.07. The summed E-state index contributed by atoms with van der Waals surface area (Å²) < 4.78 is 2.39.